The lowest BCUT2D eigenvalue weighted by molar-refractivity contribution is 0.973. The van der Waals surface area contributed by atoms with Crippen LogP contribution < -0.4 is 5.32 Å². The topological polar surface area (TPSA) is 79.4 Å². The fourth-order valence-electron chi connectivity index (χ4n) is 1.62. The molecule has 1 aromatic carbocycles. The molecule has 0 radical (unpaired) electrons. The quantitative estimate of drug-likeness (QED) is 0.748. The standard InChI is InChI=1S/C13H12N6S/c1-3-12(20-13-17-9-18-19-13)4-2-11(1)16-7-10-5-14-8-15-6-10/h1-6,8-9,16H,7H2,(H,17,18,19). The van der Waals surface area contributed by atoms with Crippen molar-refractivity contribution in [3.63, 3.8) is 0 Å². The number of hydrogen-bond acceptors (Lipinski definition) is 6. The van der Waals surface area contributed by atoms with Gasteiger partial charge in [0.25, 0.3) is 0 Å². The summed E-state index contributed by atoms with van der Waals surface area (Å²) in [6.45, 7) is 0.704. The van der Waals surface area contributed by atoms with E-state index in [0.29, 0.717) is 6.54 Å². The molecule has 3 rings (SSSR count). The fraction of sp³-hybridized carbons (Fsp3) is 0.0769. The maximum atomic E-state index is 4.08. The second-order valence-electron chi connectivity index (χ2n) is 4.02. The molecule has 20 heavy (non-hydrogen) atoms. The minimum absolute atomic E-state index is 0.704. The van der Waals surface area contributed by atoms with Crippen molar-refractivity contribution in [1.82, 2.24) is 25.1 Å². The second-order valence-corrected chi connectivity index (χ2v) is 5.08. The van der Waals surface area contributed by atoms with Gasteiger partial charge in [-0.1, -0.05) is 11.8 Å². The molecule has 0 unspecified atom stereocenters. The number of benzene rings is 1. The van der Waals surface area contributed by atoms with Crippen molar-refractivity contribution in [2.24, 2.45) is 0 Å². The van der Waals surface area contributed by atoms with Crippen LogP contribution in [0.15, 0.2) is 59.4 Å². The van der Waals surface area contributed by atoms with Gasteiger partial charge < -0.3 is 5.32 Å². The molecule has 0 aliphatic rings. The van der Waals surface area contributed by atoms with Crippen LogP contribution >= 0.6 is 11.8 Å². The molecule has 2 heterocycles. The minimum Gasteiger partial charge on any atom is -0.381 e. The summed E-state index contributed by atoms with van der Waals surface area (Å²) in [5.74, 6) is 0. The number of nitrogens with zero attached hydrogens (tertiary/aromatic N) is 4. The Kier molecular flexibility index (Phi) is 3.88. The van der Waals surface area contributed by atoms with Crippen molar-refractivity contribution in [3.8, 4) is 0 Å². The molecule has 0 saturated heterocycles. The van der Waals surface area contributed by atoms with Crippen molar-refractivity contribution in [3.05, 3.63) is 54.9 Å². The van der Waals surface area contributed by atoms with Gasteiger partial charge in [-0.25, -0.2) is 15.0 Å². The maximum absolute atomic E-state index is 4.08. The molecule has 0 bridgehead atoms. The van der Waals surface area contributed by atoms with Crippen LogP contribution in [0.2, 0.25) is 0 Å². The van der Waals surface area contributed by atoms with Crippen LogP contribution in [0.5, 0.6) is 0 Å². The highest BCUT2D eigenvalue weighted by molar-refractivity contribution is 7.99. The van der Waals surface area contributed by atoms with E-state index in [1.165, 1.54) is 12.7 Å². The third-order valence-corrected chi connectivity index (χ3v) is 3.47. The van der Waals surface area contributed by atoms with Crippen molar-refractivity contribution < 1.29 is 0 Å². The SMILES string of the molecule is c1ncc(CNc2ccc(Sc3ncn[nH]3)cc2)cn1. The smallest absolute Gasteiger partial charge is 0.188 e. The van der Waals surface area contributed by atoms with Gasteiger partial charge in [0.15, 0.2) is 5.16 Å². The zero-order valence-corrected chi connectivity index (χ0v) is 11.3. The Morgan fingerprint density at radius 3 is 2.55 bits per heavy atom. The van der Waals surface area contributed by atoms with E-state index in [-0.39, 0.29) is 0 Å². The van der Waals surface area contributed by atoms with Gasteiger partial charge in [0, 0.05) is 35.1 Å². The van der Waals surface area contributed by atoms with E-state index in [1.807, 2.05) is 24.3 Å². The Bertz CT molecular complexity index is 638. The van der Waals surface area contributed by atoms with E-state index in [4.69, 9.17) is 0 Å². The first-order valence-electron chi connectivity index (χ1n) is 6.01. The molecule has 2 N–H and O–H groups in total. The Labute approximate surface area is 120 Å². The maximum Gasteiger partial charge on any atom is 0.188 e. The summed E-state index contributed by atoms with van der Waals surface area (Å²) in [7, 11) is 0. The number of rotatable bonds is 5. The van der Waals surface area contributed by atoms with Crippen molar-refractivity contribution in [2.75, 3.05) is 5.32 Å². The van der Waals surface area contributed by atoms with Crippen LogP contribution in [0, 0.1) is 0 Å². The summed E-state index contributed by atoms with van der Waals surface area (Å²) >= 11 is 1.54. The number of anilines is 1. The second kappa shape index (κ2) is 6.16. The third-order valence-electron chi connectivity index (χ3n) is 2.57. The lowest BCUT2D eigenvalue weighted by Gasteiger charge is -2.06. The largest absolute Gasteiger partial charge is 0.381 e. The van der Waals surface area contributed by atoms with Crippen LogP contribution in [0.1, 0.15) is 5.56 Å². The molecule has 0 amide bonds. The number of hydrogen-bond donors (Lipinski definition) is 2. The van der Waals surface area contributed by atoms with Gasteiger partial charge in [0.1, 0.15) is 12.7 Å². The average molecular weight is 284 g/mol. The third kappa shape index (κ3) is 3.33. The van der Waals surface area contributed by atoms with Crippen LogP contribution in [-0.2, 0) is 6.54 Å². The highest BCUT2D eigenvalue weighted by atomic mass is 32.2. The molecule has 100 valence electrons. The molecule has 0 aliphatic heterocycles. The predicted octanol–water partition coefficient (Wildman–Crippen LogP) is 2.36. The lowest BCUT2D eigenvalue weighted by Crippen LogP contribution is -1.99. The van der Waals surface area contributed by atoms with Crippen molar-refractivity contribution in [2.45, 2.75) is 16.6 Å². The first-order chi connectivity index (χ1) is 9.90. The van der Waals surface area contributed by atoms with Crippen LogP contribution in [0.4, 0.5) is 5.69 Å². The molecule has 0 fully saturated rings. The monoisotopic (exact) mass is 284 g/mol. The zero-order chi connectivity index (χ0) is 13.6. The normalized spacial score (nSPS) is 10.4. The van der Waals surface area contributed by atoms with E-state index in [9.17, 15) is 0 Å². The number of H-pyrrole nitrogens is 1. The lowest BCUT2D eigenvalue weighted by atomic mass is 10.3. The molecule has 0 aliphatic carbocycles. The van der Waals surface area contributed by atoms with Crippen molar-refractivity contribution in [1.29, 1.82) is 0 Å². The first-order valence-corrected chi connectivity index (χ1v) is 6.83. The van der Waals surface area contributed by atoms with Crippen LogP contribution in [0.3, 0.4) is 0 Å². The average Bonchev–Trinajstić information content (AvgIpc) is 3.01. The molecule has 6 nitrogen and oxygen atoms in total. The molecule has 0 saturated carbocycles. The molecule has 0 atom stereocenters. The summed E-state index contributed by atoms with van der Waals surface area (Å²) in [5, 5.41) is 10.7. The summed E-state index contributed by atoms with van der Waals surface area (Å²) < 4.78 is 0. The van der Waals surface area contributed by atoms with Gasteiger partial charge in [-0.05, 0) is 24.3 Å². The molecule has 0 spiro atoms. The predicted molar refractivity (Wildman–Crippen MR) is 76.3 cm³/mol. The molecular weight excluding hydrogens is 272 g/mol. The van der Waals surface area contributed by atoms with Gasteiger partial charge in [0.2, 0.25) is 0 Å². The molecule has 3 aromatic rings. The van der Waals surface area contributed by atoms with E-state index in [1.54, 1.807) is 24.2 Å². The first kappa shape index (κ1) is 12.6. The summed E-state index contributed by atoms with van der Waals surface area (Å²) in [5.41, 5.74) is 2.10. The van der Waals surface area contributed by atoms with Gasteiger partial charge in [0.05, 0.1) is 0 Å². The number of aromatic amines is 1. The van der Waals surface area contributed by atoms with Gasteiger partial charge in [-0.15, -0.1) is 0 Å². The van der Waals surface area contributed by atoms with Gasteiger partial charge in [-0.2, -0.15) is 5.10 Å². The fourth-order valence-corrected chi connectivity index (χ4v) is 2.31. The van der Waals surface area contributed by atoms with E-state index in [0.717, 1.165) is 21.3 Å². The van der Waals surface area contributed by atoms with Crippen molar-refractivity contribution >= 4 is 17.4 Å². The van der Waals surface area contributed by atoms with Crippen LogP contribution in [-0.4, -0.2) is 25.1 Å². The molecular formula is C13H12N6S. The molecule has 7 heteroatoms. The zero-order valence-electron chi connectivity index (χ0n) is 10.5. The van der Waals surface area contributed by atoms with Gasteiger partial charge in [-0.3, -0.25) is 5.10 Å². The Morgan fingerprint density at radius 1 is 1.05 bits per heavy atom. The van der Waals surface area contributed by atoms with Crippen LogP contribution in [0.25, 0.3) is 0 Å². The number of nitrogens with one attached hydrogen (secondary N) is 2. The van der Waals surface area contributed by atoms with E-state index in [2.05, 4.69) is 30.5 Å². The Morgan fingerprint density at radius 2 is 1.85 bits per heavy atom. The van der Waals surface area contributed by atoms with Gasteiger partial charge >= 0.3 is 0 Å². The Balaban J connectivity index is 1.59. The molecule has 2 aromatic heterocycles. The van der Waals surface area contributed by atoms with E-state index < -0.39 is 0 Å². The summed E-state index contributed by atoms with van der Waals surface area (Å²) in [6, 6.07) is 8.14. The summed E-state index contributed by atoms with van der Waals surface area (Å²) in [6.07, 6.45) is 6.63. The highest BCUT2D eigenvalue weighted by Gasteiger charge is 2.00. The summed E-state index contributed by atoms with van der Waals surface area (Å²) in [4.78, 5) is 13.1. The van der Waals surface area contributed by atoms with E-state index >= 15 is 0 Å². The highest BCUT2D eigenvalue weighted by Crippen LogP contribution is 2.25. The Hall–Kier alpha value is -2.41. The minimum atomic E-state index is 0.704. The number of aromatic nitrogens is 5.